The van der Waals surface area contributed by atoms with Gasteiger partial charge in [-0.2, -0.15) is 0 Å². The number of carbonyl (C=O) groups excluding carboxylic acids is 5. The Morgan fingerprint density at radius 2 is 1.61 bits per heavy atom. The van der Waals surface area contributed by atoms with Crippen LogP contribution in [0, 0.1) is 12.7 Å². The number of methoxy groups -OCH3 is 3. The summed E-state index contributed by atoms with van der Waals surface area (Å²) in [5.74, 6) is -8.11. The number of aromatic hydroxyl groups is 2. The number of phenolic OH excluding ortho intramolecular Hbond substituents is 2. The quantitative estimate of drug-likeness (QED) is 0.169. The molecule has 57 heavy (non-hydrogen) atoms. The van der Waals surface area contributed by atoms with Crippen molar-refractivity contribution in [2.45, 2.75) is 74.8 Å². The molecule has 0 spiro atoms. The Kier molecular flexibility index (Phi) is 9.93. The second-order valence-corrected chi connectivity index (χ2v) is 14.4. The van der Waals surface area contributed by atoms with Gasteiger partial charge in [-0.15, -0.1) is 0 Å². The number of amides is 1. The van der Waals surface area contributed by atoms with E-state index < -0.39 is 140 Å². The molecule has 8 atom stereocenters. The van der Waals surface area contributed by atoms with Crippen molar-refractivity contribution < 1.29 is 72.8 Å². The molecule has 300 valence electrons. The van der Waals surface area contributed by atoms with Gasteiger partial charge in [0.2, 0.25) is 17.3 Å². The Morgan fingerprint density at radius 3 is 2.25 bits per heavy atom. The van der Waals surface area contributed by atoms with Crippen LogP contribution in [0.25, 0.3) is 0 Å². The van der Waals surface area contributed by atoms with Gasteiger partial charge in [-0.1, -0.05) is 18.2 Å². The SMILES string of the molecule is CO[C@@H]1[C@@H](O)[C@@H](OC)C(NC2=CC(=O)c3c(cc4c(c3O)C(=O)[C@]3(OC)[C@H](O)Cc5cc(C)c(C(=O)NCc6ccc(F)cc6)c(O)c5[C@]3(O)C4=O)C2=O)O[C@H]1C. The van der Waals surface area contributed by atoms with Crippen LogP contribution >= 0.6 is 0 Å². The molecule has 4 aliphatic rings. The van der Waals surface area contributed by atoms with Gasteiger partial charge in [0.25, 0.3) is 5.91 Å². The fourth-order valence-corrected chi connectivity index (χ4v) is 8.65. The lowest BCUT2D eigenvalue weighted by molar-refractivity contribution is -0.236. The Balaban J connectivity index is 1.32. The van der Waals surface area contributed by atoms with Crippen LogP contribution in [0.15, 0.2) is 48.2 Å². The summed E-state index contributed by atoms with van der Waals surface area (Å²) >= 11 is 0. The standard InChI is InChI=1S/C40H39FN2O14/c1-15-10-18-11-24(45)40(56-5)36(51)27-21(35(50)39(40,53)28(18)31(48)25(15)37(52)42-14-17-6-8-19(41)9-7-17)12-20-26(30(27)47)23(44)13-22(29(20)46)43-38-34(55-4)32(49)33(54-3)16(2)57-38/h6-10,12-13,16,24,32-34,38,43,45,47-49,53H,11,14H2,1-5H3,(H,42,52)/t16-,24+,32+,33-,34+,38?,39-,40+/m0/s1. The van der Waals surface area contributed by atoms with E-state index in [0.29, 0.717) is 5.56 Å². The molecular weight excluding hydrogens is 751 g/mol. The summed E-state index contributed by atoms with van der Waals surface area (Å²) in [6.45, 7) is 2.96. The Labute approximate surface area is 323 Å². The molecule has 3 aliphatic carbocycles. The molecule has 1 heterocycles. The first kappa shape index (κ1) is 39.8. The van der Waals surface area contributed by atoms with Crippen molar-refractivity contribution in [3.63, 3.8) is 0 Å². The van der Waals surface area contributed by atoms with Gasteiger partial charge < -0.3 is 55.1 Å². The number of nitrogens with one attached hydrogen (secondary N) is 2. The number of aliphatic hydroxyl groups is 3. The summed E-state index contributed by atoms with van der Waals surface area (Å²) in [6.07, 6.45) is -6.72. The highest BCUT2D eigenvalue weighted by Crippen LogP contribution is 2.56. The van der Waals surface area contributed by atoms with E-state index in [0.717, 1.165) is 19.3 Å². The number of allylic oxidation sites excluding steroid dienone is 2. The number of hydrogen-bond donors (Lipinski definition) is 7. The zero-order valence-electron chi connectivity index (χ0n) is 31.2. The van der Waals surface area contributed by atoms with E-state index >= 15 is 0 Å². The van der Waals surface area contributed by atoms with E-state index in [1.54, 1.807) is 6.92 Å². The molecule has 16 nitrogen and oxygen atoms in total. The van der Waals surface area contributed by atoms with E-state index in [1.165, 1.54) is 51.5 Å². The minimum Gasteiger partial charge on any atom is -0.507 e. The third-order valence-corrected chi connectivity index (χ3v) is 11.4. The summed E-state index contributed by atoms with van der Waals surface area (Å²) in [7, 11) is 3.56. The summed E-state index contributed by atoms with van der Waals surface area (Å²) in [5.41, 5.74) is -9.83. The number of halogens is 1. The van der Waals surface area contributed by atoms with Gasteiger partial charge in [0.15, 0.2) is 23.2 Å². The summed E-state index contributed by atoms with van der Waals surface area (Å²) < 4.78 is 35.6. The largest absolute Gasteiger partial charge is 0.507 e. The fraction of sp³-hybridized carbons (Fsp3) is 0.375. The van der Waals surface area contributed by atoms with Gasteiger partial charge in [0.1, 0.15) is 35.6 Å². The van der Waals surface area contributed by atoms with Crippen LogP contribution in [-0.4, -0.2) is 118 Å². The summed E-state index contributed by atoms with van der Waals surface area (Å²) in [4.78, 5) is 70.7. The third-order valence-electron chi connectivity index (χ3n) is 11.4. The van der Waals surface area contributed by atoms with Crippen LogP contribution in [-0.2, 0) is 37.5 Å². The molecule has 1 saturated heterocycles. The van der Waals surface area contributed by atoms with Gasteiger partial charge in [-0.3, -0.25) is 24.0 Å². The molecule has 0 saturated carbocycles. The zero-order valence-corrected chi connectivity index (χ0v) is 31.2. The van der Waals surface area contributed by atoms with Crippen molar-refractivity contribution in [1.29, 1.82) is 0 Å². The van der Waals surface area contributed by atoms with Crippen LogP contribution in [0.4, 0.5) is 4.39 Å². The van der Waals surface area contributed by atoms with Crippen LogP contribution in [0.1, 0.15) is 81.0 Å². The molecule has 3 aromatic carbocycles. The van der Waals surface area contributed by atoms with Gasteiger partial charge in [0, 0.05) is 57.1 Å². The number of benzene rings is 3. The molecule has 7 rings (SSSR count). The number of carbonyl (C=O) groups is 5. The number of Topliss-reactive ketones (excluding diaryl/α,β-unsaturated/α-hetero) is 3. The molecule has 0 aromatic heterocycles. The molecule has 3 aromatic rings. The van der Waals surface area contributed by atoms with Crippen molar-refractivity contribution >= 4 is 29.0 Å². The van der Waals surface area contributed by atoms with Crippen molar-refractivity contribution in [2.75, 3.05) is 21.3 Å². The van der Waals surface area contributed by atoms with Crippen LogP contribution in [0.5, 0.6) is 11.5 Å². The maximum atomic E-state index is 14.8. The number of ether oxygens (including phenoxy) is 4. The molecular formula is C40H39FN2O14. The van der Waals surface area contributed by atoms with Gasteiger partial charge in [-0.25, -0.2) is 4.39 Å². The zero-order chi connectivity index (χ0) is 41.5. The minimum atomic E-state index is -3.28. The molecule has 1 unspecified atom stereocenters. The maximum absolute atomic E-state index is 14.8. The topological polar surface area (TPSA) is 247 Å². The summed E-state index contributed by atoms with van der Waals surface area (Å²) in [5, 5.41) is 63.9. The lowest BCUT2D eigenvalue weighted by Crippen LogP contribution is -2.73. The first-order valence-electron chi connectivity index (χ1n) is 17.8. The molecule has 1 aliphatic heterocycles. The van der Waals surface area contributed by atoms with E-state index in [1.807, 2.05) is 0 Å². The number of aliphatic hydroxyl groups excluding tert-OH is 2. The molecule has 1 fully saturated rings. The van der Waals surface area contributed by atoms with E-state index in [2.05, 4.69) is 10.6 Å². The Hall–Kier alpha value is -5.40. The highest BCUT2D eigenvalue weighted by atomic mass is 19.1. The molecule has 17 heteroatoms. The van der Waals surface area contributed by atoms with Crippen LogP contribution < -0.4 is 10.6 Å². The second-order valence-electron chi connectivity index (χ2n) is 14.4. The number of aryl methyl sites for hydroxylation is 1. The molecule has 0 radical (unpaired) electrons. The first-order valence-corrected chi connectivity index (χ1v) is 17.8. The van der Waals surface area contributed by atoms with E-state index in [4.69, 9.17) is 18.9 Å². The predicted octanol–water partition coefficient (Wildman–Crippen LogP) is 1.03. The highest BCUT2D eigenvalue weighted by Gasteiger charge is 2.72. The highest BCUT2D eigenvalue weighted by molar-refractivity contribution is 6.31. The van der Waals surface area contributed by atoms with E-state index in [9.17, 15) is 53.9 Å². The second kappa shape index (κ2) is 14.2. The van der Waals surface area contributed by atoms with Crippen molar-refractivity contribution in [1.82, 2.24) is 10.6 Å². The average Bonchev–Trinajstić information content (AvgIpc) is 3.15. The van der Waals surface area contributed by atoms with Crippen LogP contribution in [0.2, 0.25) is 0 Å². The lowest BCUT2D eigenvalue weighted by atomic mass is 9.56. The lowest BCUT2D eigenvalue weighted by Gasteiger charge is -2.53. The van der Waals surface area contributed by atoms with Gasteiger partial charge in [-0.05, 0) is 48.7 Å². The average molecular weight is 791 g/mol. The molecule has 7 N–H and O–H groups in total. The van der Waals surface area contributed by atoms with Gasteiger partial charge >= 0.3 is 0 Å². The van der Waals surface area contributed by atoms with E-state index in [-0.39, 0.29) is 17.7 Å². The number of rotatable bonds is 8. The Morgan fingerprint density at radius 1 is 0.947 bits per heavy atom. The third kappa shape index (κ3) is 5.64. The minimum absolute atomic E-state index is 0.0254. The Bertz CT molecular complexity index is 2290. The molecule has 0 bridgehead atoms. The number of ketones is 4. The fourth-order valence-electron chi connectivity index (χ4n) is 8.65. The van der Waals surface area contributed by atoms with Crippen molar-refractivity contribution in [3.8, 4) is 11.5 Å². The van der Waals surface area contributed by atoms with Gasteiger partial charge in [0.05, 0.1) is 34.6 Å². The maximum Gasteiger partial charge on any atom is 0.255 e. The molecule has 1 amide bonds. The monoisotopic (exact) mass is 790 g/mol. The number of fused-ring (bicyclic) bond motifs is 5. The smallest absolute Gasteiger partial charge is 0.255 e. The number of phenols is 2. The normalized spacial score (nSPS) is 29.2. The summed E-state index contributed by atoms with van der Waals surface area (Å²) in [6, 6.07) is 7.42. The van der Waals surface area contributed by atoms with Crippen LogP contribution in [0.3, 0.4) is 0 Å². The van der Waals surface area contributed by atoms with Crippen molar-refractivity contribution in [3.05, 3.63) is 104 Å². The van der Waals surface area contributed by atoms with Crippen molar-refractivity contribution in [2.24, 2.45) is 0 Å². The predicted molar refractivity (Wildman–Crippen MR) is 192 cm³/mol. The first-order chi connectivity index (χ1) is 27.0. The number of hydrogen-bond acceptors (Lipinski definition) is 15.